The Morgan fingerprint density at radius 3 is 2.60 bits per heavy atom. The van der Waals surface area contributed by atoms with Crippen LogP contribution >= 0.6 is 11.3 Å². The molecule has 0 saturated heterocycles. The highest BCUT2D eigenvalue weighted by Gasteiger charge is 2.36. The number of rotatable bonds is 4. The van der Waals surface area contributed by atoms with Gasteiger partial charge in [0.05, 0.1) is 0 Å². The first-order valence-electron chi connectivity index (χ1n) is 6.75. The number of thiazole rings is 1. The van der Waals surface area contributed by atoms with Crippen LogP contribution in [0.2, 0.25) is 0 Å². The Balaban J connectivity index is 2.33. The van der Waals surface area contributed by atoms with Gasteiger partial charge in [-0.25, -0.2) is 8.42 Å². The topological polar surface area (TPSA) is 96.3 Å². The lowest BCUT2D eigenvalue weighted by Gasteiger charge is -2.36. The molecule has 1 aliphatic carbocycles. The number of H-pyrrole nitrogens is 1. The summed E-state index contributed by atoms with van der Waals surface area (Å²) >= 11 is 0.750. The van der Waals surface area contributed by atoms with Crippen LogP contribution in [0.15, 0.2) is 9.00 Å². The summed E-state index contributed by atoms with van der Waals surface area (Å²) in [6.45, 7) is 2.10. The molecular weight excluding hydrogens is 298 g/mol. The molecule has 1 saturated carbocycles. The van der Waals surface area contributed by atoms with Crippen LogP contribution < -0.4 is 10.6 Å². The van der Waals surface area contributed by atoms with Crippen molar-refractivity contribution < 1.29 is 8.42 Å². The molecule has 1 aromatic heterocycles. The zero-order valence-electron chi connectivity index (χ0n) is 11.8. The zero-order chi connectivity index (χ0) is 14.9. The Labute approximate surface area is 123 Å². The Hall–Kier alpha value is -0.700. The van der Waals surface area contributed by atoms with Crippen molar-refractivity contribution in [1.29, 1.82) is 0 Å². The third kappa shape index (κ3) is 2.83. The molecule has 1 fully saturated rings. The van der Waals surface area contributed by atoms with Gasteiger partial charge in [0, 0.05) is 18.8 Å². The lowest BCUT2D eigenvalue weighted by Crippen LogP contribution is -2.45. The molecule has 2 unspecified atom stereocenters. The van der Waals surface area contributed by atoms with Crippen molar-refractivity contribution in [2.75, 3.05) is 13.6 Å². The fourth-order valence-corrected chi connectivity index (χ4v) is 5.80. The van der Waals surface area contributed by atoms with Gasteiger partial charge in [0.25, 0.3) is 10.0 Å². The average molecular weight is 319 g/mol. The maximum absolute atomic E-state index is 12.7. The summed E-state index contributed by atoms with van der Waals surface area (Å²) in [5.41, 5.74) is 6.18. The fraction of sp³-hybridized carbons (Fsp3) is 0.750. The van der Waals surface area contributed by atoms with Gasteiger partial charge in [-0.05, 0) is 32.2 Å². The number of aromatic nitrogens is 1. The predicted octanol–water partition coefficient (Wildman–Crippen LogP) is 0.883. The summed E-state index contributed by atoms with van der Waals surface area (Å²) in [5.74, 6) is 0.194. The first kappa shape index (κ1) is 15.7. The molecule has 0 amide bonds. The summed E-state index contributed by atoms with van der Waals surface area (Å²) in [7, 11) is -2.03. The number of sulfonamides is 1. The van der Waals surface area contributed by atoms with Gasteiger partial charge in [0.1, 0.15) is 0 Å². The van der Waals surface area contributed by atoms with Crippen LogP contribution in [0.1, 0.15) is 31.4 Å². The lowest BCUT2D eigenvalue weighted by molar-refractivity contribution is 0.204. The Morgan fingerprint density at radius 2 is 2.05 bits per heavy atom. The summed E-state index contributed by atoms with van der Waals surface area (Å²) in [6, 6.07) is -0.0737. The molecule has 3 N–H and O–H groups in total. The highest BCUT2D eigenvalue weighted by Crippen LogP contribution is 2.31. The van der Waals surface area contributed by atoms with E-state index < -0.39 is 10.0 Å². The molecule has 2 atom stereocenters. The summed E-state index contributed by atoms with van der Waals surface area (Å²) in [5, 5.41) is 0. The second-order valence-electron chi connectivity index (χ2n) is 5.30. The van der Waals surface area contributed by atoms with Crippen LogP contribution in [0.4, 0.5) is 0 Å². The van der Waals surface area contributed by atoms with Gasteiger partial charge in [-0.15, -0.1) is 0 Å². The normalized spacial score (nSPS) is 24.2. The van der Waals surface area contributed by atoms with Crippen molar-refractivity contribution in [3.05, 3.63) is 15.4 Å². The Bertz CT molecular complexity index is 620. The van der Waals surface area contributed by atoms with E-state index in [1.165, 1.54) is 4.31 Å². The number of aryl methyl sites for hydroxylation is 1. The standard InChI is InChI=1S/C12H21N3O3S2/c1-8-11(19-12(16)14-8)20(17,18)15(2)10-6-4-3-5-9(10)7-13/h9-10H,3-7,13H2,1-2H3,(H,14,16). The summed E-state index contributed by atoms with van der Waals surface area (Å²) in [4.78, 5) is 13.5. The van der Waals surface area contributed by atoms with Crippen LogP contribution in [0.5, 0.6) is 0 Å². The van der Waals surface area contributed by atoms with Crippen molar-refractivity contribution in [3.8, 4) is 0 Å². The Morgan fingerprint density at radius 1 is 1.40 bits per heavy atom. The van der Waals surface area contributed by atoms with Gasteiger partial charge in [-0.3, -0.25) is 4.79 Å². The van der Waals surface area contributed by atoms with E-state index in [0.717, 1.165) is 37.0 Å². The number of nitrogens with zero attached hydrogens (tertiary/aromatic N) is 1. The number of nitrogens with one attached hydrogen (secondary N) is 1. The molecule has 0 aliphatic heterocycles. The van der Waals surface area contributed by atoms with Gasteiger partial charge >= 0.3 is 4.87 Å². The van der Waals surface area contributed by atoms with Gasteiger partial charge in [-0.1, -0.05) is 24.2 Å². The van der Waals surface area contributed by atoms with E-state index >= 15 is 0 Å². The highest BCUT2D eigenvalue weighted by atomic mass is 32.2. The van der Waals surface area contributed by atoms with Crippen LogP contribution in [-0.2, 0) is 10.0 Å². The number of aromatic amines is 1. The third-order valence-corrected chi connectivity index (χ3v) is 7.50. The van der Waals surface area contributed by atoms with Crippen molar-refractivity contribution in [1.82, 2.24) is 9.29 Å². The predicted molar refractivity (Wildman–Crippen MR) is 79.4 cm³/mol. The van der Waals surface area contributed by atoms with Crippen molar-refractivity contribution in [2.24, 2.45) is 11.7 Å². The molecular formula is C12H21N3O3S2. The van der Waals surface area contributed by atoms with E-state index in [1.807, 2.05) is 0 Å². The SMILES string of the molecule is Cc1[nH]c(=O)sc1S(=O)(=O)N(C)C1CCCCC1CN. The maximum atomic E-state index is 12.7. The first-order valence-corrected chi connectivity index (χ1v) is 9.01. The summed E-state index contributed by atoms with van der Waals surface area (Å²) in [6.07, 6.45) is 3.91. The fourth-order valence-electron chi connectivity index (χ4n) is 2.89. The minimum Gasteiger partial charge on any atom is -0.330 e. The lowest BCUT2D eigenvalue weighted by atomic mass is 9.85. The maximum Gasteiger partial charge on any atom is 0.305 e. The largest absolute Gasteiger partial charge is 0.330 e. The van der Waals surface area contributed by atoms with E-state index in [-0.39, 0.29) is 21.0 Å². The molecule has 8 heteroatoms. The molecule has 1 aliphatic rings. The first-order chi connectivity index (χ1) is 9.37. The summed E-state index contributed by atoms with van der Waals surface area (Å²) < 4.78 is 26.9. The molecule has 6 nitrogen and oxygen atoms in total. The quantitative estimate of drug-likeness (QED) is 0.861. The highest BCUT2D eigenvalue weighted by molar-refractivity contribution is 7.91. The van der Waals surface area contributed by atoms with Gasteiger partial charge < -0.3 is 10.7 Å². The molecule has 114 valence electrons. The van der Waals surface area contributed by atoms with Crippen LogP contribution in [-0.4, -0.2) is 37.3 Å². The second kappa shape index (κ2) is 5.97. The third-order valence-electron chi connectivity index (χ3n) is 4.03. The van der Waals surface area contributed by atoms with E-state index in [1.54, 1.807) is 14.0 Å². The van der Waals surface area contributed by atoms with Crippen LogP contribution in [0, 0.1) is 12.8 Å². The van der Waals surface area contributed by atoms with Gasteiger partial charge in [0.15, 0.2) is 4.21 Å². The Kier molecular flexibility index (Phi) is 4.68. The zero-order valence-corrected chi connectivity index (χ0v) is 13.4. The van der Waals surface area contributed by atoms with E-state index in [9.17, 15) is 13.2 Å². The van der Waals surface area contributed by atoms with Crippen molar-refractivity contribution in [3.63, 3.8) is 0 Å². The number of nitrogens with two attached hydrogens (primary N) is 1. The van der Waals surface area contributed by atoms with E-state index in [4.69, 9.17) is 5.73 Å². The molecule has 0 aromatic carbocycles. The second-order valence-corrected chi connectivity index (χ2v) is 8.47. The molecule has 20 heavy (non-hydrogen) atoms. The molecule has 0 radical (unpaired) electrons. The smallest absolute Gasteiger partial charge is 0.305 e. The van der Waals surface area contributed by atoms with Gasteiger partial charge in [0.2, 0.25) is 0 Å². The van der Waals surface area contributed by atoms with Crippen molar-refractivity contribution in [2.45, 2.75) is 42.9 Å². The van der Waals surface area contributed by atoms with E-state index in [2.05, 4.69) is 4.98 Å². The molecule has 0 spiro atoms. The molecule has 1 heterocycles. The number of hydrogen-bond donors (Lipinski definition) is 2. The minimum absolute atomic E-state index is 0.0737. The number of hydrogen-bond acceptors (Lipinski definition) is 5. The minimum atomic E-state index is -3.63. The average Bonchev–Trinajstić information content (AvgIpc) is 2.77. The molecule has 1 aromatic rings. The monoisotopic (exact) mass is 319 g/mol. The van der Waals surface area contributed by atoms with Gasteiger partial charge in [-0.2, -0.15) is 4.31 Å². The molecule has 2 rings (SSSR count). The van der Waals surface area contributed by atoms with Crippen LogP contribution in [0.3, 0.4) is 0 Å². The molecule has 0 bridgehead atoms. The van der Waals surface area contributed by atoms with E-state index in [0.29, 0.717) is 12.2 Å². The van der Waals surface area contributed by atoms with Crippen molar-refractivity contribution >= 4 is 21.4 Å². The van der Waals surface area contributed by atoms with Crippen LogP contribution in [0.25, 0.3) is 0 Å².